The van der Waals surface area contributed by atoms with Gasteiger partial charge in [0.2, 0.25) is 5.91 Å². The van der Waals surface area contributed by atoms with E-state index in [4.69, 9.17) is 0 Å². The van der Waals surface area contributed by atoms with E-state index in [2.05, 4.69) is 12.2 Å². The standard InChI is InChI=1S/C18H20FNOS/c1-2-17(15-6-4-3-5-7-15)20-18(21)13-22-12-14-8-10-16(19)11-9-14/h3-11,17H,2,12-13H2,1H3,(H,20,21)/t17-/m1/s1. The van der Waals surface area contributed by atoms with Crippen molar-refractivity contribution in [2.24, 2.45) is 0 Å². The number of nitrogens with one attached hydrogen (secondary N) is 1. The second-order valence-corrected chi connectivity index (χ2v) is 6.04. The van der Waals surface area contributed by atoms with Crippen LogP contribution >= 0.6 is 11.8 Å². The molecule has 0 aliphatic carbocycles. The molecule has 1 amide bonds. The fraction of sp³-hybridized carbons (Fsp3) is 0.278. The number of rotatable bonds is 7. The highest BCUT2D eigenvalue weighted by molar-refractivity contribution is 7.99. The molecule has 2 aromatic rings. The number of hydrogen-bond donors (Lipinski definition) is 1. The van der Waals surface area contributed by atoms with Gasteiger partial charge in [-0.3, -0.25) is 4.79 Å². The first-order valence-corrected chi connectivity index (χ1v) is 8.51. The Hall–Kier alpha value is -1.81. The highest BCUT2D eigenvalue weighted by Crippen LogP contribution is 2.17. The van der Waals surface area contributed by atoms with Crippen molar-refractivity contribution >= 4 is 17.7 Å². The predicted octanol–water partition coefficient (Wildman–Crippen LogP) is 4.33. The van der Waals surface area contributed by atoms with Crippen molar-refractivity contribution in [3.8, 4) is 0 Å². The molecule has 1 atom stereocenters. The average molecular weight is 317 g/mol. The molecule has 22 heavy (non-hydrogen) atoms. The Kier molecular flexibility index (Phi) is 6.46. The molecule has 0 aromatic heterocycles. The molecule has 0 unspecified atom stereocenters. The van der Waals surface area contributed by atoms with Crippen LogP contribution in [0.3, 0.4) is 0 Å². The third-order valence-corrected chi connectivity index (χ3v) is 4.36. The lowest BCUT2D eigenvalue weighted by atomic mass is 10.0. The fourth-order valence-electron chi connectivity index (χ4n) is 2.18. The highest BCUT2D eigenvalue weighted by Gasteiger charge is 2.12. The van der Waals surface area contributed by atoms with Gasteiger partial charge in [0.05, 0.1) is 11.8 Å². The van der Waals surface area contributed by atoms with Crippen LogP contribution in [0.4, 0.5) is 4.39 Å². The van der Waals surface area contributed by atoms with E-state index in [9.17, 15) is 9.18 Å². The maximum Gasteiger partial charge on any atom is 0.230 e. The van der Waals surface area contributed by atoms with E-state index in [1.54, 1.807) is 12.1 Å². The van der Waals surface area contributed by atoms with Crippen molar-refractivity contribution in [1.29, 1.82) is 0 Å². The molecule has 0 aliphatic rings. The molecule has 0 saturated heterocycles. The number of amides is 1. The fourth-order valence-corrected chi connectivity index (χ4v) is 2.98. The van der Waals surface area contributed by atoms with Crippen molar-refractivity contribution in [2.75, 3.05) is 5.75 Å². The quantitative estimate of drug-likeness (QED) is 0.823. The van der Waals surface area contributed by atoms with Gasteiger partial charge in [0.1, 0.15) is 5.82 Å². The van der Waals surface area contributed by atoms with Crippen LogP contribution in [0.5, 0.6) is 0 Å². The van der Waals surface area contributed by atoms with Crippen LogP contribution in [0.15, 0.2) is 54.6 Å². The summed E-state index contributed by atoms with van der Waals surface area (Å²) < 4.78 is 12.8. The Morgan fingerprint density at radius 3 is 2.45 bits per heavy atom. The lowest BCUT2D eigenvalue weighted by Crippen LogP contribution is -2.29. The molecular weight excluding hydrogens is 297 g/mol. The molecule has 0 radical (unpaired) electrons. The lowest BCUT2D eigenvalue weighted by molar-refractivity contribution is -0.119. The summed E-state index contributed by atoms with van der Waals surface area (Å²) in [6.45, 7) is 2.06. The first-order valence-electron chi connectivity index (χ1n) is 7.35. The SMILES string of the molecule is CC[C@@H](NC(=O)CSCc1ccc(F)cc1)c1ccccc1. The van der Waals surface area contributed by atoms with Crippen LogP contribution in [0.1, 0.15) is 30.5 Å². The molecular formula is C18H20FNOS. The zero-order chi connectivity index (χ0) is 15.8. The minimum absolute atomic E-state index is 0.0304. The Morgan fingerprint density at radius 2 is 1.82 bits per heavy atom. The normalized spacial score (nSPS) is 11.9. The Morgan fingerprint density at radius 1 is 1.14 bits per heavy atom. The highest BCUT2D eigenvalue weighted by atomic mass is 32.2. The first-order chi connectivity index (χ1) is 10.7. The van der Waals surface area contributed by atoms with Gasteiger partial charge in [-0.05, 0) is 29.7 Å². The Bertz CT molecular complexity index is 586. The lowest BCUT2D eigenvalue weighted by Gasteiger charge is -2.17. The number of carbonyl (C=O) groups is 1. The minimum atomic E-state index is -0.236. The molecule has 0 spiro atoms. The summed E-state index contributed by atoms with van der Waals surface area (Å²) in [4.78, 5) is 12.0. The van der Waals surface area contributed by atoms with E-state index < -0.39 is 0 Å². The topological polar surface area (TPSA) is 29.1 Å². The summed E-state index contributed by atoms with van der Waals surface area (Å²) in [6.07, 6.45) is 0.860. The van der Waals surface area contributed by atoms with Crippen LogP contribution in [0.25, 0.3) is 0 Å². The second kappa shape index (κ2) is 8.59. The molecule has 0 saturated carbocycles. The second-order valence-electron chi connectivity index (χ2n) is 5.06. The summed E-state index contributed by atoms with van der Waals surface area (Å²) in [5.74, 6) is 0.902. The molecule has 4 heteroatoms. The van der Waals surface area contributed by atoms with Gasteiger partial charge in [0, 0.05) is 5.75 Å². The number of halogens is 1. The van der Waals surface area contributed by atoms with Crippen molar-refractivity contribution in [3.63, 3.8) is 0 Å². The van der Waals surface area contributed by atoms with E-state index in [1.807, 2.05) is 30.3 Å². The van der Waals surface area contributed by atoms with Gasteiger partial charge in [-0.15, -0.1) is 11.8 Å². The predicted molar refractivity (Wildman–Crippen MR) is 90.2 cm³/mol. The van der Waals surface area contributed by atoms with Crippen molar-refractivity contribution in [2.45, 2.75) is 25.1 Å². The van der Waals surface area contributed by atoms with E-state index in [0.29, 0.717) is 11.5 Å². The number of thioether (sulfide) groups is 1. The van der Waals surface area contributed by atoms with Gasteiger partial charge in [0.15, 0.2) is 0 Å². The molecule has 1 N–H and O–H groups in total. The first kappa shape index (κ1) is 16.6. The van der Waals surface area contributed by atoms with Gasteiger partial charge in [-0.25, -0.2) is 4.39 Å². The van der Waals surface area contributed by atoms with E-state index in [-0.39, 0.29) is 17.8 Å². The Labute approximate surface area is 135 Å². The molecule has 2 nitrogen and oxygen atoms in total. The van der Waals surface area contributed by atoms with Crippen LogP contribution in [-0.2, 0) is 10.5 Å². The molecule has 2 aromatic carbocycles. The van der Waals surface area contributed by atoms with Crippen molar-refractivity contribution in [3.05, 3.63) is 71.5 Å². The number of carbonyl (C=O) groups excluding carboxylic acids is 1. The van der Waals surface area contributed by atoms with E-state index in [0.717, 1.165) is 17.5 Å². The van der Waals surface area contributed by atoms with Crippen LogP contribution in [-0.4, -0.2) is 11.7 Å². The summed E-state index contributed by atoms with van der Waals surface area (Å²) in [7, 11) is 0. The smallest absolute Gasteiger partial charge is 0.230 e. The van der Waals surface area contributed by atoms with Crippen molar-refractivity contribution in [1.82, 2.24) is 5.32 Å². The summed E-state index contributed by atoms with van der Waals surface area (Å²) in [5.41, 5.74) is 2.15. The van der Waals surface area contributed by atoms with Crippen LogP contribution in [0.2, 0.25) is 0 Å². The Balaban J connectivity index is 1.78. The van der Waals surface area contributed by atoms with E-state index in [1.165, 1.54) is 23.9 Å². The monoisotopic (exact) mass is 317 g/mol. The summed E-state index contributed by atoms with van der Waals surface area (Å²) in [5, 5.41) is 3.06. The van der Waals surface area contributed by atoms with Crippen LogP contribution in [0, 0.1) is 5.82 Å². The van der Waals surface area contributed by atoms with E-state index >= 15 is 0 Å². The molecule has 2 rings (SSSR count). The molecule has 0 fully saturated rings. The number of hydrogen-bond acceptors (Lipinski definition) is 2. The molecule has 116 valence electrons. The summed E-state index contributed by atoms with van der Waals surface area (Å²) in [6, 6.07) is 16.4. The zero-order valence-corrected chi connectivity index (χ0v) is 13.4. The zero-order valence-electron chi connectivity index (χ0n) is 12.6. The minimum Gasteiger partial charge on any atom is -0.349 e. The average Bonchev–Trinajstić information content (AvgIpc) is 2.55. The van der Waals surface area contributed by atoms with Gasteiger partial charge >= 0.3 is 0 Å². The third-order valence-electron chi connectivity index (χ3n) is 3.36. The maximum absolute atomic E-state index is 12.8. The van der Waals surface area contributed by atoms with Gasteiger partial charge in [-0.1, -0.05) is 49.4 Å². The number of benzene rings is 2. The largest absolute Gasteiger partial charge is 0.349 e. The molecule has 0 heterocycles. The summed E-state index contributed by atoms with van der Waals surface area (Å²) >= 11 is 1.53. The maximum atomic E-state index is 12.8. The van der Waals surface area contributed by atoms with Crippen molar-refractivity contribution < 1.29 is 9.18 Å². The molecule has 0 bridgehead atoms. The van der Waals surface area contributed by atoms with Gasteiger partial charge in [-0.2, -0.15) is 0 Å². The van der Waals surface area contributed by atoms with Gasteiger partial charge < -0.3 is 5.32 Å². The van der Waals surface area contributed by atoms with Gasteiger partial charge in [0.25, 0.3) is 0 Å². The molecule has 0 aliphatic heterocycles. The third kappa shape index (κ3) is 5.19. The van der Waals surface area contributed by atoms with Crippen LogP contribution < -0.4 is 5.32 Å².